The summed E-state index contributed by atoms with van der Waals surface area (Å²) in [6, 6.07) is 2.40. The summed E-state index contributed by atoms with van der Waals surface area (Å²) in [5.41, 5.74) is -0.0246. The maximum atomic E-state index is 13.7. The number of aliphatic hydroxyl groups excluding tert-OH is 1. The van der Waals surface area contributed by atoms with Gasteiger partial charge in [-0.1, -0.05) is 0 Å². The lowest BCUT2D eigenvalue weighted by molar-refractivity contribution is 0.147. The van der Waals surface area contributed by atoms with Crippen LogP contribution in [0.1, 0.15) is 12.0 Å². The first-order valence-electron chi connectivity index (χ1n) is 5.55. The van der Waals surface area contributed by atoms with E-state index in [1.807, 2.05) is 0 Å². The van der Waals surface area contributed by atoms with Crippen LogP contribution in [-0.2, 0) is 11.3 Å². The number of benzene rings is 1. The van der Waals surface area contributed by atoms with Gasteiger partial charge in [-0.3, -0.25) is 0 Å². The summed E-state index contributed by atoms with van der Waals surface area (Å²) in [6.07, 6.45) is 0.463. The smallest absolute Gasteiger partial charge is 0.144 e. The molecule has 0 amide bonds. The summed E-state index contributed by atoms with van der Waals surface area (Å²) in [5, 5.41) is 11.8. The second-order valence-electron chi connectivity index (χ2n) is 3.87. The van der Waals surface area contributed by atoms with Crippen molar-refractivity contribution in [2.45, 2.75) is 19.0 Å². The third-order valence-corrected chi connectivity index (χ3v) is 3.16. The van der Waals surface area contributed by atoms with E-state index in [0.29, 0.717) is 13.0 Å². The molecule has 102 valence electrons. The Morgan fingerprint density at radius 3 is 2.78 bits per heavy atom. The highest BCUT2D eigenvalue weighted by Crippen LogP contribution is 2.21. The molecule has 0 saturated carbocycles. The molecule has 6 heteroatoms. The second kappa shape index (κ2) is 7.78. The molecule has 0 heterocycles. The Balaban J connectivity index is 2.69. The zero-order valence-corrected chi connectivity index (χ0v) is 11.6. The maximum Gasteiger partial charge on any atom is 0.144 e. The molecule has 0 aliphatic carbocycles. The maximum absolute atomic E-state index is 13.7. The summed E-state index contributed by atoms with van der Waals surface area (Å²) in [4.78, 5) is 0. The number of rotatable bonds is 7. The molecule has 0 bridgehead atoms. The molecule has 0 spiro atoms. The molecule has 0 aliphatic rings. The van der Waals surface area contributed by atoms with Crippen molar-refractivity contribution in [3.05, 3.63) is 33.8 Å². The molecule has 3 nitrogen and oxygen atoms in total. The van der Waals surface area contributed by atoms with Gasteiger partial charge < -0.3 is 15.2 Å². The van der Waals surface area contributed by atoms with Gasteiger partial charge >= 0.3 is 0 Å². The number of hydrogen-bond donors (Lipinski definition) is 2. The number of ether oxygens (including phenoxy) is 1. The molecule has 0 aliphatic heterocycles. The lowest BCUT2D eigenvalue weighted by Crippen LogP contribution is -2.34. The van der Waals surface area contributed by atoms with Gasteiger partial charge in [0.25, 0.3) is 0 Å². The number of aliphatic hydroxyl groups is 1. The Bertz CT molecular complexity index is 385. The van der Waals surface area contributed by atoms with Crippen molar-refractivity contribution in [2.24, 2.45) is 0 Å². The van der Waals surface area contributed by atoms with Crippen LogP contribution < -0.4 is 5.32 Å². The molecular formula is C12H16BrF2NO2. The fraction of sp³-hybridized carbons (Fsp3) is 0.500. The van der Waals surface area contributed by atoms with Crippen LogP contribution in [0.25, 0.3) is 0 Å². The fourth-order valence-electron chi connectivity index (χ4n) is 1.58. The van der Waals surface area contributed by atoms with Gasteiger partial charge in [-0.15, -0.1) is 0 Å². The first-order valence-corrected chi connectivity index (χ1v) is 6.35. The molecule has 1 aromatic carbocycles. The molecule has 1 unspecified atom stereocenters. The highest BCUT2D eigenvalue weighted by Gasteiger charge is 2.14. The Labute approximate surface area is 113 Å². The van der Waals surface area contributed by atoms with Gasteiger partial charge in [0.15, 0.2) is 0 Å². The van der Waals surface area contributed by atoms with E-state index in [4.69, 9.17) is 9.84 Å². The van der Waals surface area contributed by atoms with Crippen LogP contribution in [0.2, 0.25) is 0 Å². The minimum atomic E-state index is -0.609. The van der Waals surface area contributed by atoms with Gasteiger partial charge in [0.2, 0.25) is 0 Å². The highest BCUT2D eigenvalue weighted by molar-refractivity contribution is 9.10. The van der Waals surface area contributed by atoms with Gasteiger partial charge in [-0.2, -0.15) is 0 Å². The van der Waals surface area contributed by atoms with Crippen molar-refractivity contribution < 1.29 is 18.6 Å². The Kier molecular flexibility index (Phi) is 6.70. The Morgan fingerprint density at radius 2 is 2.17 bits per heavy atom. The third kappa shape index (κ3) is 4.28. The van der Waals surface area contributed by atoms with Crippen molar-refractivity contribution in [3.8, 4) is 0 Å². The van der Waals surface area contributed by atoms with E-state index in [-0.39, 0.29) is 29.2 Å². The summed E-state index contributed by atoms with van der Waals surface area (Å²) in [6.45, 7) is 0.410. The molecule has 0 fully saturated rings. The summed E-state index contributed by atoms with van der Waals surface area (Å²) in [7, 11) is 1.53. The van der Waals surface area contributed by atoms with Crippen molar-refractivity contribution in [1.82, 2.24) is 5.32 Å². The zero-order chi connectivity index (χ0) is 13.5. The lowest BCUT2D eigenvalue weighted by Gasteiger charge is -2.17. The summed E-state index contributed by atoms with van der Waals surface area (Å²) < 4.78 is 32.3. The number of hydrogen-bond acceptors (Lipinski definition) is 3. The van der Waals surface area contributed by atoms with Gasteiger partial charge in [0, 0.05) is 31.9 Å². The van der Waals surface area contributed by atoms with Crippen LogP contribution in [0.3, 0.4) is 0 Å². The van der Waals surface area contributed by atoms with Crippen molar-refractivity contribution >= 4 is 15.9 Å². The molecule has 1 rings (SSSR count). The topological polar surface area (TPSA) is 41.5 Å². The second-order valence-corrected chi connectivity index (χ2v) is 4.72. The van der Waals surface area contributed by atoms with Crippen LogP contribution in [0.15, 0.2) is 16.6 Å². The van der Waals surface area contributed by atoms with Crippen molar-refractivity contribution in [3.63, 3.8) is 0 Å². The quantitative estimate of drug-likeness (QED) is 0.756. The van der Waals surface area contributed by atoms with E-state index in [1.54, 1.807) is 0 Å². The normalized spacial score (nSPS) is 12.7. The average Bonchev–Trinajstić information content (AvgIpc) is 2.34. The Morgan fingerprint density at radius 1 is 1.44 bits per heavy atom. The van der Waals surface area contributed by atoms with Crippen LogP contribution >= 0.6 is 15.9 Å². The first kappa shape index (κ1) is 15.5. The molecule has 18 heavy (non-hydrogen) atoms. The van der Waals surface area contributed by atoms with Crippen LogP contribution in [0.5, 0.6) is 0 Å². The predicted molar refractivity (Wildman–Crippen MR) is 68.3 cm³/mol. The van der Waals surface area contributed by atoms with Crippen molar-refractivity contribution in [2.75, 3.05) is 20.3 Å². The third-order valence-electron chi connectivity index (χ3n) is 2.55. The molecule has 0 saturated heterocycles. The van der Waals surface area contributed by atoms with Crippen molar-refractivity contribution in [1.29, 1.82) is 0 Å². The van der Waals surface area contributed by atoms with Crippen LogP contribution in [-0.4, -0.2) is 31.5 Å². The van der Waals surface area contributed by atoms with E-state index >= 15 is 0 Å². The van der Waals surface area contributed by atoms with Gasteiger partial charge in [0.1, 0.15) is 11.6 Å². The predicted octanol–water partition coefficient (Wildman–Crippen LogP) is 2.21. The highest BCUT2D eigenvalue weighted by atomic mass is 79.9. The minimum absolute atomic E-state index is 0.00945. The molecule has 0 radical (unpaired) electrons. The van der Waals surface area contributed by atoms with E-state index in [1.165, 1.54) is 19.2 Å². The Hall–Kier alpha value is -0.560. The number of halogens is 3. The van der Waals surface area contributed by atoms with Gasteiger partial charge in [0.05, 0.1) is 11.1 Å². The molecule has 2 N–H and O–H groups in total. The zero-order valence-electron chi connectivity index (χ0n) is 10.0. The minimum Gasteiger partial charge on any atom is -0.396 e. The average molecular weight is 324 g/mol. The van der Waals surface area contributed by atoms with E-state index in [2.05, 4.69) is 21.2 Å². The molecule has 0 aromatic heterocycles. The number of nitrogens with one attached hydrogen (secondary N) is 1. The summed E-state index contributed by atoms with van der Waals surface area (Å²) >= 11 is 3.01. The molecule has 1 aromatic rings. The lowest BCUT2D eigenvalue weighted by atomic mass is 10.1. The van der Waals surface area contributed by atoms with E-state index < -0.39 is 11.6 Å². The number of methoxy groups -OCH3 is 1. The monoisotopic (exact) mass is 323 g/mol. The van der Waals surface area contributed by atoms with Crippen LogP contribution in [0.4, 0.5) is 8.78 Å². The fourth-order valence-corrected chi connectivity index (χ4v) is 1.95. The van der Waals surface area contributed by atoms with E-state index in [0.717, 1.165) is 0 Å². The first-order chi connectivity index (χ1) is 8.60. The molecular weight excluding hydrogens is 308 g/mol. The molecule has 1 atom stereocenters. The van der Waals surface area contributed by atoms with E-state index in [9.17, 15) is 8.78 Å². The summed E-state index contributed by atoms with van der Waals surface area (Å²) in [5.74, 6) is -1.20. The largest absolute Gasteiger partial charge is 0.396 e. The van der Waals surface area contributed by atoms with Gasteiger partial charge in [-0.05, 0) is 34.5 Å². The van der Waals surface area contributed by atoms with Gasteiger partial charge in [-0.25, -0.2) is 8.78 Å². The van der Waals surface area contributed by atoms with Crippen LogP contribution in [0, 0.1) is 11.6 Å². The SMILES string of the molecule is COCC(CCO)NCc1c(F)ccc(Br)c1F. The standard InChI is InChI=1S/C12H16BrF2NO2/c1-18-7-8(4-5-17)16-6-9-11(14)3-2-10(13)12(9)15/h2-3,8,16-17H,4-7H2,1H3.